The minimum atomic E-state index is -1.25. The van der Waals surface area contributed by atoms with Crippen LogP contribution in [0.3, 0.4) is 0 Å². The standard InChI is InChI=1S/C25H28N2O5/c28-22(27-25(23(29)30)13-7-1-2-8-14-25)15-26-24(31)32-16-21-19-11-5-3-9-17(19)18-10-4-6-12-20(18)21/h3-6,9-12,21H,1-2,7-8,13-16H2,(H,26,31)(H,27,28)(H,29,30). The van der Waals surface area contributed by atoms with Gasteiger partial charge < -0.3 is 20.5 Å². The fraction of sp³-hybridized carbons (Fsp3) is 0.400. The molecule has 2 aromatic carbocycles. The van der Waals surface area contributed by atoms with E-state index in [1.807, 2.05) is 36.4 Å². The van der Waals surface area contributed by atoms with Crippen LogP contribution in [0.15, 0.2) is 48.5 Å². The molecule has 4 rings (SSSR count). The second kappa shape index (κ2) is 9.42. The van der Waals surface area contributed by atoms with Crippen LogP contribution in [0, 0.1) is 0 Å². The van der Waals surface area contributed by atoms with Crippen molar-refractivity contribution in [2.24, 2.45) is 0 Å². The molecule has 2 aliphatic rings. The molecule has 0 radical (unpaired) electrons. The van der Waals surface area contributed by atoms with Gasteiger partial charge in [0.05, 0.1) is 0 Å². The second-order valence-electron chi connectivity index (χ2n) is 8.53. The first-order chi connectivity index (χ1) is 15.5. The maximum absolute atomic E-state index is 12.4. The number of hydrogen-bond acceptors (Lipinski definition) is 4. The molecular formula is C25H28N2O5. The molecule has 0 spiro atoms. The van der Waals surface area contributed by atoms with Crippen molar-refractivity contribution in [1.82, 2.24) is 10.6 Å². The van der Waals surface area contributed by atoms with E-state index in [0.29, 0.717) is 12.8 Å². The number of benzene rings is 2. The minimum absolute atomic E-state index is 0.0664. The molecule has 7 heteroatoms. The number of carbonyl (C=O) groups excluding carboxylic acids is 2. The molecule has 1 fully saturated rings. The highest BCUT2D eigenvalue weighted by Crippen LogP contribution is 2.44. The van der Waals surface area contributed by atoms with Crippen molar-refractivity contribution in [3.8, 4) is 11.1 Å². The Balaban J connectivity index is 1.32. The zero-order chi connectivity index (χ0) is 22.6. The van der Waals surface area contributed by atoms with E-state index >= 15 is 0 Å². The largest absolute Gasteiger partial charge is 0.480 e. The van der Waals surface area contributed by atoms with Crippen molar-refractivity contribution in [2.75, 3.05) is 13.2 Å². The molecule has 7 nitrogen and oxygen atoms in total. The van der Waals surface area contributed by atoms with Gasteiger partial charge in [-0.05, 0) is 35.1 Å². The van der Waals surface area contributed by atoms with Gasteiger partial charge in [-0.25, -0.2) is 9.59 Å². The quantitative estimate of drug-likeness (QED) is 0.597. The lowest BCUT2D eigenvalue weighted by Crippen LogP contribution is -2.56. The number of aliphatic carboxylic acids is 1. The predicted molar refractivity (Wildman–Crippen MR) is 119 cm³/mol. The van der Waals surface area contributed by atoms with E-state index < -0.39 is 23.5 Å². The zero-order valence-corrected chi connectivity index (χ0v) is 17.9. The smallest absolute Gasteiger partial charge is 0.407 e. The molecule has 0 saturated heterocycles. The number of alkyl carbamates (subject to hydrolysis) is 1. The molecule has 1 saturated carbocycles. The normalized spacial score (nSPS) is 16.9. The fourth-order valence-corrected chi connectivity index (χ4v) is 4.84. The summed E-state index contributed by atoms with van der Waals surface area (Å²) in [4.78, 5) is 36.5. The van der Waals surface area contributed by atoms with Gasteiger partial charge in [-0.2, -0.15) is 0 Å². The Morgan fingerprint density at radius 2 is 1.47 bits per heavy atom. The Labute approximate surface area is 187 Å². The van der Waals surface area contributed by atoms with Crippen molar-refractivity contribution in [1.29, 1.82) is 0 Å². The Morgan fingerprint density at radius 1 is 0.906 bits per heavy atom. The van der Waals surface area contributed by atoms with Crippen LogP contribution in [0.2, 0.25) is 0 Å². The van der Waals surface area contributed by atoms with Gasteiger partial charge in [0, 0.05) is 5.92 Å². The van der Waals surface area contributed by atoms with Crippen LogP contribution in [-0.4, -0.2) is 41.8 Å². The molecule has 0 atom stereocenters. The summed E-state index contributed by atoms with van der Waals surface area (Å²) in [5.74, 6) is -1.61. The van der Waals surface area contributed by atoms with Crippen LogP contribution < -0.4 is 10.6 Å². The molecule has 168 valence electrons. The minimum Gasteiger partial charge on any atom is -0.480 e. The summed E-state index contributed by atoms with van der Waals surface area (Å²) in [6.45, 7) is -0.174. The summed E-state index contributed by atoms with van der Waals surface area (Å²) in [6, 6.07) is 16.1. The topological polar surface area (TPSA) is 105 Å². The molecule has 32 heavy (non-hydrogen) atoms. The lowest BCUT2D eigenvalue weighted by molar-refractivity contribution is -0.148. The number of carboxylic acid groups (broad SMARTS) is 1. The van der Waals surface area contributed by atoms with E-state index in [9.17, 15) is 19.5 Å². The highest BCUT2D eigenvalue weighted by atomic mass is 16.5. The van der Waals surface area contributed by atoms with Crippen molar-refractivity contribution in [2.45, 2.75) is 50.0 Å². The molecule has 0 unspecified atom stereocenters. The third-order valence-corrected chi connectivity index (χ3v) is 6.48. The summed E-state index contributed by atoms with van der Waals surface area (Å²) < 4.78 is 5.43. The molecular weight excluding hydrogens is 408 g/mol. The summed E-state index contributed by atoms with van der Waals surface area (Å²) in [6.07, 6.45) is 3.54. The number of hydrogen-bond donors (Lipinski definition) is 3. The van der Waals surface area contributed by atoms with E-state index in [0.717, 1.165) is 47.9 Å². The predicted octanol–water partition coefficient (Wildman–Crippen LogP) is 3.82. The van der Waals surface area contributed by atoms with Gasteiger partial charge >= 0.3 is 12.1 Å². The Hall–Kier alpha value is -3.35. The summed E-state index contributed by atoms with van der Waals surface area (Å²) in [5, 5.41) is 14.8. The first-order valence-corrected chi connectivity index (χ1v) is 11.1. The average molecular weight is 437 g/mol. The van der Waals surface area contributed by atoms with E-state index in [-0.39, 0.29) is 19.1 Å². The molecule has 2 amide bonds. The highest BCUT2D eigenvalue weighted by molar-refractivity contribution is 5.89. The van der Waals surface area contributed by atoms with Gasteiger partial charge in [0.1, 0.15) is 18.7 Å². The summed E-state index contributed by atoms with van der Waals surface area (Å²) >= 11 is 0. The number of carboxylic acids is 1. The lowest BCUT2D eigenvalue weighted by atomic mass is 9.90. The highest BCUT2D eigenvalue weighted by Gasteiger charge is 2.40. The maximum atomic E-state index is 12.4. The van der Waals surface area contributed by atoms with Gasteiger partial charge in [0.15, 0.2) is 0 Å². The van der Waals surface area contributed by atoms with Gasteiger partial charge in [-0.1, -0.05) is 74.2 Å². The SMILES string of the molecule is O=C(CNC(=O)OCC1c2ccccc2-c2ccccc21)NC1(C(=O)O)CCCCCC1. The molecule has 2 aliphatic carbocycles. The van der Waals surface area contributed by atoms with Crippen molar-refractivity contribution < 1.29 is 24.2 Å². The third kappa shape index (κ3) is 4.47. The van der Waals surface area contributed by atoms with Gasteiger partial charge in [0.2, 0.25) is 5.91 Å². The summed E-state index contributed by atoms with van der Waals surface area (Å²) in [5.41, 5.74) is 3.24. The second-order valence-corrected chi connectivity index (χ2v) is 8.53. The van der Waals surface area contributed by atoms with Crippen molar-refractivity contribution >= 4 is 18.0 Å². The third-order valence-electron chi connectivity index (χ3n) is 6.48. The van der Waals surface area contributed by atoms with Crippen LogP contribution in [-0.2, 0) is 14.3 Å². The van der Waals surface area contributed by atoms with Gasteiger partial charge in [-0.3, -0.25) is 4.79 Å². The fourth-order valence-electron chi connectivity index (χ4n) is 4.84. The maximum Gasteiger partial charge on any atom is 0.407 e. The van der Waals surface area contributed by atoms with E-state index in [1.165, 1.54) is 0 Å². The molecule has 0 aliphatic heterocycles. The monoisotopic (exact) mass is 436 g/mol. The number of rotatable bonds is 6. The van der Waals surface area contributed by atoms with E-state index in [4.69, 9.17) is 4.74 Å². The molecule has 0 heterocycles. The molecule has 3 N–H and O–H groups in total. The number of amides is 2. The Morgan fingerprint density at radius 3 is 2.03 bits per heavy atom. The number of carbonyl (C=O) groups is 3. The number of nitrogens with one attached hydrogen (secondary N) is 2. The summed E-state index contributed by atoms with van der Waals surface area (Å²) in [7, 11) is 0. The van der Waals surface area contributed by atoms with Crippen LogP contribution in [0.25, 0.3) is 11.1 Å². The molecule has 0 bridgehead atoms. The number of fused-ring (bicyclic) bond motifs is 3. The van der Waals surface area contributed by atoms with Gasteiger partial charge in [0.25, 0.3) is 0 Å². The first kappa shape index (κ1) is 21.9. The van der Waals surface area contributed by atoms with Crippen LogP contribution in [0.4, 0.5) is 4.79 Å². The van der Waals surface area contributed by atoms with E-state index in [1.54, 1.807) is 0 Å². The lowest BCUT2D eigenvalue weighted by Gasteiger charge is -2.29. The molecule has 0 aromatic heterocycles. The van der Waals surface area contributed by atoms with Crippen LogP contribution in [0.5, 0.6) is 0 Å². The molecule has 2 aromatic rings. The van der Waals surface area contributed by atoms with Gasteiger partial charge in [-0.15, -0.1) is 0 Å². The van der Waals surface area contributed by atoms with Crippen molar-refractivity contribution in [3.05, 3.63) is 59.7 Å². The van der Waals surface area contributed by atoms with Crippen LogP contribution >= 0.6 is 0 Å². The van der Waals surface area contributed by atoms with E-state index in [2.05, 4.69) is 22.8 Å². The Bertz CT molecular complexity index is 965. The zero-order valence-electron chi connectivity index (χ0n) is 17.9. The average Bonchev–Trinajstić information content (AvgIpc) is 2.93. The van der Waals surface area contributed by atoms with Crippen molar-refractivity contribution in [3.63, 3.8) is 0 Å². The van der Waals surface area contributed by atoms with Crippen LogP contribution in [0.1, 0.15) is 55.6 Å². The first-order valence-electron chi connectivity index (χ1n) is 11.1. The Kier molecular flexibility index (Phi) is 6.44. The number of ether oxygens (including phenoxy) is 1.